The molecule has 0 aliphatic carbocycles. The maximum absolute atomic E-state index is 12.2. The zero-order valence-electron chi connectivity index (χ0n) is 32.9. The van der Waals surface area contributed by atoms with Crippen molar-refractivity contribution in [2.75, 3.05) is 13.2 Å². The zero-order valence-corrected chi connectivity index (χ0v) is 32.9. The first-order valence-electron chi connectivity index (χ1n) is 21.2. The molecule has 1 atom stereocenters. The standard InChI is InChI=1S/C45H80O5/c1-3-5-7-9-11-13-15-17-19-20-21-22-23-24-26-28-30-32-34-36-38-40-45(48)50-43(41-46)42-49-44(47)39-37-35-33-31-29-27-25-18-16-14-12-10-8-6-4-2/h12,14,17-19,25,29,31,43,46H,3-11,13,15-16,20-24,26-28,30,32-42H2,1-2H3. The molecule has 5 heteroatoms. The summed E-state index contributed by atoms with van der Waals surface area (Å²) in [5, 5.41) is 9.56. The van der Waals surface area contributed by atoms with E-state index in [1.54, 1.807) is 0 Å². The van der Waals surface area contributed by atoms with Crippen LogP contribution >= 0.6 is 0 Å². The molecule has 0 amide bonds. The Morgan fingerprint density at radius 3 is 1.30 bits per heavy atom. The number of unbranched alkanes of at least 4 members (excludes halogenated alkanes) is 22. The van der Waals surface area contributed by atoms with Gasteiger partial charge in [0.2, 0.25) is 0 Å². The highest BCUT2D eigenvalue weighted by Gasteiger charge is 2.16. The third-order valence-corrected chi connectivity index (χ3v) is 9.10. The third kappa shape index (κ3) is 38.7. The van der Waals surface area contributed by atoms with Crippen molar-refractivity contribution in [2.24, 2.45) is 0 Å². The van der Waals surface area contributed by atoms with Crippen molar-refractivity contribution in [3.8, 4) is 0 Å². The monoisotopic (exact) mass is 701 g/mol. The fourth-order valence-electron chi connectivity index (χ4n) is 5.85. The number of aliphatic hydroxyl groups excluding tert-OH is 1. The van der Waals surface area contributed by atoms with Crippen molar-refractivity contribution in [3.05, 3.63) is 48.6 Å². The second-order valence-corrected chi connectivity index (χ2v) is 14.1. The number of ether oxygens (including phenoxy) is 2. The number of hydrogen-bond donors (Lipinski definition) is 1. The molecule has 1 unspecified atom stereocenters. The minimum absolute atomic E-state index is 0.0857. The Kier molecular flexibility index (Phi) is 39.5. The van der Waals surface area contributed by atoms with Crippen LogP contribution in [-0.4, -0.2) is 36.4 Å². The first-order chi connectivity index (χ1) is 24.6. The van der Waals surface area contributed by atoms with Crippen molar-refractivity contribution < 1.29 is 24.2 Å². The van der Waals surface area contributed by atoms with E-state index < -0.39 is 6.10 Å². The van der Waals surface area contributed by atoms with E-state index in [9.17, 15) is 14.7 Å². The van der Waals surface area contributed by atoms with Gasteiger partial charge in [0.15, 0.2) is 6.10 Å². The lowest BCUT2D eigenvalue weighted by atomic mass is 10.0. The highest BCUT2D eigenvalue weighted by atomic mass is 16.6. The number of esters is 2. The summed E-state index contributed by atoms with van der Waals surface area (Å²) in [7, 11) is 0. The number of allylic oxidation sites excluding steroid dienone is 8. The van der Waals surface area contributed by atoms with E-state index in [1.165, 1.54) is 128 Å². The van der Waals surface area contributed by atoms with Crippen LogP contribution in [0.4, 0.5) is 0 Å². The Balaban J connectivity index is 3.57. The van der Waals surface area contributed by atoms with Gasteiger partial charge in [0.25, 0.3) is 0 Å². The van der Waals surface area contributed by atoms with Gasteiger partial charge in [-0.15, -0.1) is 0 Å². The minimum atomic E-state index is -0.787. The lowest BCUT2D eigenvalue weighted by molar-refractivity contribution is -0.161. The molecule has 0 rings (SSSR count). The molecular weight excluding hydrogens is 620 g/mol. The molecule has 0 spiro atoms. The average Bonchev–Trinajstić information content (AvgIpc) is 3.12. The molecule has 0 aliphatic heterocycles. The van der Waals surface area contributed by atoms with Crippen LogP contribution in [0.15, 0.2) is 48.6 Å². The maximum Gasteiger partial charge on any atom is 0.306 e. The van der Waals surface area contributed by atoms with Crippen molar-refractivity contribution in [1.29, 1.82) is 0 Å². The molecule has 0 heterocycles. The lowest BCUT2D eigenvalue weighted by Gasteiger charge is -2.15. The van der Waals surface area contributed by atoms with Crippen molar-refractivity contribution in [3.63, 3.8) is 0 Å². The van der Waals surface area contributed by atoms with Crippen LogP contribution in [0.2, 0.25) is 0 Å². The molecular formula is C45H80O5. The number of hydrogen-bond acceptors (Lipinski definition) is 5. The zero-order chi connectivity index (χ0) is 36.4. The molecule has 0 saturated heterocycles. The summed E-state index contributed by atoms with van der Waals surface area (Å²) in [6.45, 7) is 4.07. The van der Waals surface area contributed by atoms with Gasteiger partial charge in [0, 0.05) is 12.8 Å². The molecule has 0 bridgehead atoms. The van der Waals surface area contributed by atoms with E-state index in [2.05, 4.69) is 62.5 Å². The van der Waals surface area contributed by atoms with Crippen molar-refractivity contribution >= 4 is 11.9 Å². The molecule has 290 valence electrons. The summed E-state index contributed by atoms with van der Waals surface area (Å²) in [5.74, 6) is -0.634. The van der Waals surface area contributed by atoms with Crippen LogP contribution in [0.5, 0.6) is 0 Å². The highest BCUT2D eigenvalue weighted by Crippen LogP contribution is 2.14. The average molecular weight is 701 g/mol. The molecule has 5 nitrogen and oxygen atoms in total. The molecule has 0 aromatic heterocycles. The Bertz CT molecular complexity index is 842. The lowest BCUT2D eigenvalue weighted by Crippen LogP contribution is -2.28. The largest absolute Gasteiger partial charge is 0.462 e. The number of aliphatic hydroxyl groups is 1. The quantitative estimate of drug-likeness (QED) is 0.0394. The minimum Gasteiger partial charge on any atom is -0.462 e. The van der Waals surface area contributed by atoms with Crippen LogP contribution in [-0.2, 0) is 19.1 Å². The Morgan fingerprint density at radius 2 is 0.800 bits per heavy atom. The maximum atomic E-state index is 12.2. The molecule has 0 aromatic rings. The molecule has 0 saturated carbocycles. The molecule has 0 radical (unpaired) electrons. The fourth-order valence-corrected chi connectivity index (χ4v) is 5.85. The van der Waals surface area contributed by atoms with Crippen molar-refractivity contribution in [1.82, 2.24) is 0 Å². The van der Waals surface area contributed by atoms with Gasteiger partial charge < -0.3 is 14.6 Å². The highest BCUT2D eigenvalue weighted by molar-refractivity contribution is 5.70. The number of carbonyl (C=O) groups excluding carboxylic acids is 2. The third-order valence-electron chi connectivity index (χ3n) is 9.10. The Hall–Kier alpha value is -2.14. The van der Waals surface area contributed by atoms with E-state index in [0.29, 0.717) is 12.8 Å². The second kappa shape index (κ2) is 41.3. The van der Waals surface area contributed by atoms with Gasteiger partial charge in [0.05, 0.1) is 6.61 Å². The van der Waals surface area contributed by atoms with Gasteiger partial charge in [-0.05, 0) is 77.0 Å². The van der Waals surface area contributed by atoms with E-state index in [-0.39, 0.29) is 25.2 Å². The summed E-state index contributed by atoms with van der Waals surface area (Å²) >= 11 is 0. The Morgan fingerprint density at radius 1 is 0.460 bits per heavy atom. The molecule has 0 aromatic carbocycles. The Labute approximate surface area is 309 Å². The molecule has 50 heavy (non-hydrogen) atoms. The van der Waals surface area contributed by atoms with E-state index in [4.69, 9.17) is 9.47 Å². The summed E-state index contributed by atoms with van der Waals surface area (Å²) in [5.41, 5.74) is 0. The van der Waals surface area contributed by atoms with Gasteiger partial charge in [-0.25, -0.2) is 0 Å². The van der Waals surface area contributed by atoms with E-state index in [1.807, 2.05) is 0 Å². The molecule has 0 fully saturated rings. The SMILES string of the molecule is CCCCCC=CCC=CCC=CCCCCC(=O)OCC(CO)OC(=O)CCCCCCCCCCCCCC=CCCCCCCCC. The topological polar surface area (TPSA) is 72.8 Å². The fraction of sp³-hybridized carbons (Fsp3) is 0.778. The van der Waals surface area contributed by atoms with Gasteiger partial charge in [0.1, 0.15) is 6.61 Å². The van der Waals surface area contributed by atoms with Crippen molar-refractivity contribution in [2.45, 2.75) is 213 Å². The number of rotatable bonds is 38. The normalized spacial score (nSPS) is 12.6. The molecule has 0 aliphatic rings. The predicted octanol–water partition coefficient (Wildman–Crippen LogP) is 13.4. The van der Waals surface area contributed by atoms with Crippen LogP contribution in [0, 0.1) is 0 Å². The van der Waals surface area contributed by atoms with Gasteiger partial charge >= 0.3 is 11.9 Å². The van der Waals surface area contributed by atoms with Crippen LogP contribution < -0.4 is 0 Å². The first-order valence-corrected chi connectivity index (χ1v) is 21.2. The second-order valence-electron chi connectivity index (χ2n) is 14.1. The van der Waals surface area contributed by atoms with Crippen LogP contribution in [0.1, 0.15) is 206 Å². The summed E-state index contributed by atoms with van der Waals surface area (Å²) in [6.07, 6.45) is 51.8. The number of carbonyl (C=O) groups is 2. The van der Waals surface area contributed by atoms with Gasteiger partial charge in [-0.2, -0.15) is 0 Å². The predicted molar refractivity (Wildman–Crippen MR) is 214 cm³/mol. The van der Waals surface area contributed by atoms with E-state index in [0.717, 1.165) is 51.4 Å². The summed E-state index contributed by atoms with van der Waals surface area (Å²) < 4.78 is 10.6. The van der Waals surface area contributed by atoms with Crippen LogP contribution in [0.25, 0.3) is 0 Å². The van der Waals surface area contributed by atoms with Gasteiger partial charge in [-0.3, -0.25) is 9.59 Å². The molecule has 1 N–H and O–H groups in total. The summed E-state index contributed by atoms with van der Waals surface area (Å²) in [6, 6.07) is 0. The smallest absolute Gasteiger partial charge is 0.306 e. The summed E-state index contributed by atoms with van der Waals surface area (Å²) in [4.78, 5) is 24.3. The van der Waals surface area contributed by atoms with Crippen LogP contribution in [0.3, 0.4) is 0 Å². The van der Waals surface area contributed by atoms with E-state index >= 15 is 0 Å². The van der Waals surface area contributed by atoms with Gasteiger partial charge in [-0.1, -0.05) is 165 Å². The first kappa shape index (κ1) is 47.9.